The molecule has 0 N–H and O–H groups in total. The minimum atomic E-state index is 0.442. The fraction of sp³-hybridized carbons (Fsp3) is 0.625. The quantitative estimate of drug-likeness (QED) is 0.825. The largest absolute Gasteiger partial charge is 0.351 e. The summed E-state index contributed by atoms with van der Waals surface area (Å²) in [5.41, 5.74) is 2.46. The van der Waals surface area contributed by atoms with Gasteiger partial charge in [0, 0.05) is 36.1 Å². The predicted molar refractivity (Wildman–Crippen MR) is 82.2 cm³/mol. The van der Waals surface area contributed by atoms with Gasteiger partial charge in [-0.15, -0.1) is 0 Å². The van der Waals surface area contributed by atoms with Crippen LogP contribution in [0, 0.1) is 0 Å². The molecule has 0 fully saturated rings. The molecule has 0 saturated heterocycles. The van der Waals surface area contributed by atoms with Gasteiger partial charge in [-0.1, -0.05) is 0 Å². The van der Waals surface area contributed by atoms with Crippen molar-refractivity contribution in [1.29, 1.82) is 0 Å². The molecular weight excluding hydrogens is 234 g/mol. The lowest BCUT2D eigenvalue weighted by atomic mass is 10.0. The van der Waals surface area contributed by atoms with Gasteiger partial charge in [0.15, 0.2) is 0 Å². The average molecular weight is 259 g/mol. The Morgan fingerprint density at radius 3 is 2.42 bits per heavy atom. The van der Waals surface area contributed by atoms with Gasteiger partial charge in [-0.25, -0.2) is 4.98 Å². The van der Waals surface area contributed by atoms with Crippen LogP contribution in [0.15, 0.2) is 23.3 Å². The Morgan fingerprint density at radius 2 is 1.84 bits per heavy atom. The van der Waals surface area contributed by atoms with Gasteiger partial charge in [-0.2, -0.15) is 0 Å². The second-order valence-corrected chi connectivity index (χ2v) is 5.75. The third-order valence-corrected chi connectivity index (χ3v) is 3.58. The van der Waals surface area contributed by atoms with E-state index in [4.69, 9.17) is 4.99 Å². The van der Waals surface area contributed by atoms with Crippen molar-refractivity contribution in [3.8, 4) is 0 Å². The van der Waals surface area contributed by atoms with Crippen LogP contribution in [0.4, 0.5) is 5.82 Å². The lowest BCUT2D eigenvalue weighted by molar-refractivity contribution is 0.599. The Hall–Kier alpha value is -1.38. The summed E-state index contributed by atoms with van der Waals surface area (Å²) in [6.07, 6.45) is 5.44. The fourth-order valence-corrected chi connectivity index (χ4v) is 2.83. The number of hydrogen-bond donors (Lipinski definition) is 0. The Labute approximate surface area is 116 Å². The average Bonchev–Trinajstić information content (AvgIpc) is 2.39. The number of pyridine rings is 1. The van der Waals surface area contributed by atoms with E-state index in [0.717, 1.165) is 18.8 Å². The predicted octanol–water partition coefficient (Wildman–Crippen LogP) is 3.68. The Balaban J connectivity index is 2.42. The maximum absolute atomic E-state index is 4.71. The molecule has 1 aliphatic heterocycles. The highest BCUT2D eigenvalue weighted by Gasteiger charge is 2.21. The highest BCUT2D eigenvalue weighted by atomic mass is 15.2. The molecule has 0 atom stereocenters. The monoisotopic (exact) mass is 259 g/mol. The van der Waals surface area contributed by atoms with Crippen LogP contribution in [0.5, 0.6) is 0 Å². The maximum Gasteiger partial charge on any atom is 0.138 e. The molecule has 104 valence electrons. The number of rotatable bonds is 4. The van der Waals surface area contributed by atoms with Crippen molar-refractivity contribution >= 4 is 11.5 Å². The van der Waals surface area contributed by atoms with Crippen LogP contribution < -0.4 is 4.90 Å². The number of nitrogens with zero attached hydrogens (tertiary/aromatic N) is 3. The van der Waals surface area contributed by atoms with E-state index < -0.39 is 0 Å². The van der Waals surface area contributed by atoms with Crippen molar-refractivity contribution in [3.63, 3.8) is 0 Å². The van der Waals surface area contributed by atoms with E-state index in [9.17, 15) is 0 Å². The topological polar surface area (TPSA) is 28.5 Å². The zero-order valence-electron chi connectivity index (χ0n) is 12.6. The SMILES string of the molecule is CC(C)N(c1ncccc1C1=NCCCC1)C(C)C. The van der Waals surface area contributed by atoms with Crippen molar-refractivity contribution in [3.05, 3.63) is 23.9 Å². The molecule has 1 aromatic heterocycles. The lowest BCUT2D eigenvalue weighted by Gasteiger charge is -2.33. The zero-order valence-corrected chi connectivity index (χ0v) is 12.6. The van der Waals surface area contributed by atoms with Crippen LogP contribution in [0.3, 0.4) is 0 Å². The summed E-state index contributed by atoms with van der Waals surface area (Å²) in [5.74, 6) is 1.09. The van der Waals surface area contributed by atoms with Gasteiger partial charge < -0.3 is 4.90 Å². The summed E-state index contributed by atoms with van der Waals surface area (Å²) in [6.45, 7) is 9.86. The minimum absolute atomic E-state index is 0.442. The molecule has 1 aliphatic rings. The van der Waals surface area contributed by atoms with E-state index >= 15 is 0 Å². The number of aromatic nitrogens is 1. The first kappa shape index (κ1) is 14.0. The van der Waals surface area contributed by atoms with Crippen LogP contribution in [-0.4, -0.2) is 29.3 Å². The van der Waals surface area contributed by atoms with Gasteiger partial charge >= 0.3 is 0 Å². The number of aliphatic imine (C=N–C) groups is 1. The van der Waals surface area contributed by atoms with Gasteiger partial charge in [0.05, 0.1) is 0 Å². The van der Waals surface area contributed by atoms with E-state index in [-0.39, 0.29) is 0 Å². The van der Waals surface area contributed by atoms with Crippen LogP contribution in [0.25, 0.3) is 0 Å². The molecule has 3 nitrogen and oxygen atoms in total. The third kappa shape index (κ3) is 3.14. The molecule has 2 rings (SSSR count). The summed E-state index contributed by atoms with van der Waals surface area (Å²) >= 11 is 0. The standard InChI is InChI=1S/C16H25N3/c1-12(2)19(13(3)4)16-14(8-7-11-18-16)15-9-5-6-10-17-15/h7-8,11-13H,5-6,9-10H2,1-4H3. The molecule has 0 amide bonds. The molecule has 0 spiro atoms. The molecule has 19 heavy (non-hydrogen) atoms. The van der Waals surface area contributed by atoms with Gasteiger partial charge in [0.1, 0.15) is 5.82 Å². The van der Waals surface area contributed by atoms with E-state index in [1.807, 2.05) is 12.3 Å². The van der Waals surface area contributed by atoms with E-state index in [1.165, 1.54) is 24.1 Å². The summed E-state index contributed by atoms with van der Waals surface area (Å²) in [4.78, 5) is 11.7. The third-order valence-electron chi connectivity index (χ3n) is 3.58. The summed E-state index contributed by atoms with van der Waals surface area (Å²) < 4.78 is 0. The van der Waals surface area contributed by atoms with Crippen molar-refractivity contribution < 1.29 is 0 Å². The first-order valence-electron chi connectivity index (χ1n) is 7.38. The summed E-state index contributed by atoms with van der Waals surface area (Å²) in [7, 11) is 0. The van der Waals surface area contributed by atoms with E-state index in [1.54, 1.807) is 0 Å². The lowest BCUT2D eigenvalue weighted by Crippen LogP contribution is -2.38. The first-order valence-corrected chi connectivity index (χ1v) is 7.38. The molecule has 1 aromatic rings. The first-order chi connectivity index (χ1) is 9.11. The van der Waals surface area contributed by atoms with Gasteiger partial charge in [-0.05, 0) is 59.1 Å². The van der Waals surface area contributed by atoms with Crippen molar-refractivity contribution in [2.24, 2.45) is 4.99 Å². The summed E-state index contributed by atoms with van der Waals surface area (Å²) in [6, 6.07) is 5.08. The summed E-state index contributed by atoms with van der Waals surface area (Å²) in [5, 5.41) is 0. The van der Waals surface area contributed by atoms with Crippen molar-refractivity contribution in [1.82, 2.24) is 4.98 Å². The Bertz CT molecular complexity index is 441. The van der Waals surface area contributed by atoms with Gasteiger partial charge in [-0.3, -0.25) is 4.99 Å². The van der Waals surface area contributed by atoms with Crippen LogP contribution in [0.2, 0.25) is 0 Å². The zero-order chi connectivity index (χ0) is 13.8. The van der Waals surface area contributed by atoms with Crippen LogP contribution in [-0.2, 0) is 0 Å². The highest BCUT2D eigenvalue weighted by molar-refractivity contribution is 6.04. The van der Waals surface area contributed by atoms with Crippen molar-refractivity contribution in [2.45, 2.75) is 59.0 Å². The molecule has 0 aromatic carbocycles. The number of hydrogen-bond acceptors (Lipinski definition) is 3. The molecule has 3 heteroatoms. The van der Waals surface area contributed by atoms with E-state index in [0.29, 0.717) is 12.1 Å². The Morgan fingerprint density at radius 1 is 1.11 bits per heavy atom. The highest BCUT2D eigenvalue weighted by Crippen LogP contribution is 2.25. The molecule has 0 radical (unpaired) electrons. The molecular formula is C16H25N3. The fourth-order valence-electron chi connectivity index (χ4n) is 2.83. The van der Waals surface area contributed by atoms with Crippen LogP contribution >= 0.6 is 0 Å². The van der Waals surface area contributed by atoms with E-state index in [2.05, 4.69) is 43.6 Å². The molecule has 2 heterocycles. The van der Waals surface area contributed by atoms with Gasteiger partial charge in [0.25, 0.3) is 0 Å². The smallest absolute Gasteiger partial charge is 0.138 e. The normalized spacial score (nSPS) is 15.8. The molecule has 0 saturated carbocycles. The molecule has 0 unspecified atom stereocenters. The maximum atomic E-state index is 4.71. The van der Waals surface area contributed by atoms with Crippen LogP contribution in [0.1, 0.15) is 52.5 Å². The second-order valence-electron chi connectivity index (χ2n) is 5.75. The Kier molecular flexibility index (Phi) is 4.56. The minimum Gasteiger partial charge on any atom is -0.351 e. The van der Waals surface area contributed by atoms with Gasteiger partial charge in [0.2, 0.25) is 0 Å². The van der Waals surface area contributed by atoms with Crippen molar-refractivity contribution in [2.75, 3.05) is 11.4 Å². The number of anilines is 1. The second kappa shape index (κ2) is 6.18. The molecule has 0 aliphatic carbocycles. The molecule has 0 bridgehead atoms.